The Kier molecular flexibility index (Phi) is 1.67. The third-order valence-corrected chi connectivity index (χ3v) is 2.83. The van der Waals surface area contributed by atoms with E-state index in [4.69, 9.17) is 11.6 Å². The highest BCUT2D eigenvalue weighted by atomic mass is 35.5. The molecule has 0 aromatic heterocycles. The van der Waals surface area contributed by atoms with E-state index in [0.717, 1.165) is 36.3 Å². The van der Waals surface area contributed by atoms with Crippen LogP contribution in [0.2, 0.25) is 5.02 Å². The largest absolute Gasteiger partial charge is 0.354 e. The zero-order valence-corrected chi connectivity index (χ0v) is 8.38. The summed E-state index contributed by atoms with van der Waals surface area (Å²) < 4.78 is 0. The van der Waals surface area contributed by atoms with Gasteiger partial charge in [0.05, 0.1) is 5.69 Å². The fraction of sp³-hybridized carbons (Fsp3) is 0.300. The van der Waals surface area contributed by atoms with Crippen LogP contribution in [-0.4, -0.2) is 23.9 Å². The predicted octanol–water partition coefficient (Wildman–Crippen LogP) is 1.75. The van der Waals surface area contributed by atoms with Gasteiger partial charge in [-0.3, -0.25) is 0 Å². The van der Waals surface area contributed by atoms with Gasteiger partial charge in [-0.1, -0.05) is 17.7 Å². The lowest BCUT2D eigenvalue weighted by atomic mass is 10.1. The number of fused-ring (bicyclic) bond motifs is 2. The molecular formula is C10H10ClN3. The molecule has 1 fully saturated rings. The molecule has 0 spiro atoms. The standard InChI is InChI=1S/C10H10ClN3/c11-8-2-1-7-6-14-4-3-12-10(14)13-9(7)5-8/h1-2,5H,3-4,6H2,(H,12,13). The van der Waals surface area contributed by atoms with Crippen molar-refractivity contribution >= 4 is 23.2 Å². The smallest absolute Gasteiger partial charge is 0.199 e. The number of rotatable bonds is 0. The molecule has 1 saturated heterocycles. The first kappa shape index (κ1) is 8.12. The number of benzene rings is 1. The second-order valence-corrected chi connectivity index (χ2v) is 3.99. The predicted molar refractivity (Wildman–Crippen MR) is 57.0 cm³/mol. The number of aliphatic imine (C=N–C) groups is 1. The van der Waals surface area contributed by atoms with Gasteiger partial charge < -0.3 is 10.2 Å². The van der Waals surface area contributed by atoms with Gasteiger partial charge in [0.1, 0.15) is 0 Å². The first-order valence-electron chi connectivity index (χ1n) is 4.69. The van der Waals surface area contributed by atoms with Crippen LogP contribution in [0, 0.1) is 0 Å². The zero-order chi connectivity index (χ0) is 9.54. The Bertz CT molecular complexity index is 414. The molecule has 3 rings (SSSR count). The van der Waals surface area contributed by atoms with Crippen LogP contribution in [-0.2, 0) is 6.54 Å². The molecule has 1 aromatic rings. The van der Waals surface area contributed by atoms with Gasteiger partial charge in [0.2, 0.25) is 0 Å². The van der Waals surface area contributed by atoms with Crippen LogP contribution in [0.5, 0.6) is 0 Å². The summed E-state index contributed by atoms with van der Waals surface area (Å²) in [6.45, 7) is 2.97. The van der Waals surface area contributed by atoms with Gasteiger partial charge in [-0.05, 0) is 17.7 Å². The van der Waals surface area contributed by atoms with Crippen molar-refractivity contribution in [1.82, 2.24) is 10.2 Å². The van der Waals surface area contributed by atoms with Gasteiger partial charge in [0.15, 0.2) is 5.96 Å². The maximum absolute atomic E-state index is 5.92. The van der Waals surface area contributed by atoms with Crippen molar-refractivity contribution in [1.29, 1.82) is 0 Å². The quantitative estimate of drug-likeness (QED) is 0.702. The van der Waals surface area contributed by atoms with Gasteiger partial charge in [0.25, 0.3) is 0 Å². The van der Waals surface area contributed by atoms with E-state index < -0.39 is 0 Å². The molecule has 2 aliphatic heterocycles. The van der Waals surface area contributed by atoms with Crippen molar-refractivity contribution in [2.24, 2.45) is 4.99 Å². The van der Waals surface area contributed by atoms with E-state index in [1.54, 1.807) is 0 Å². The van der Waals surface area contributed by atoms with Gasteiger partial charge in [-0.15, -0.1) is 0 Å². The summed E-state index contributed by atoms with van der Waals surface area (Å²) in [5, 5.41) is 4.00. The van der Waals surface area contributed by atoms with Gasteiger partial charge in [-0.2, -0.15) is 0 Å². The molecule has 0 saturated carbocycles. The van der Waals surface area contributed by atoms with Crippen LogP contribution >= 0.6 is 11.6 Å². The fourth-order valence-electron chi connectivity index (χ4n) is 1.88. The maximum Gasteiger partial charge on any atom is 0.199 e. The summed E-state index contributed by atoms with van der Waals surface area (Å²) >= 11 is 5.92. The van der Waals surface area contributed by atoms with Gasteiger partial charge in [0, 0.05) is 24.7 Å². The first-order valence-corrected chi connectivity index (χ1v) is 5.07. The average Bonchev–Trinajstić information content (AvgIpc) is 2.61. The van der Waals surface area contributed by atoms with Crippen molar-refractivity contribution in [2.45, 2.75) is 6.54 Å². The molecule has 1 N–H and O–H groups in total. The molecule has 0 amide bonds. The van der Waals surface area contributed by atoms with Crippen molar-refractivity contribution in [2.75, 3.05) is 13.1 Å². The highest BCUT2D eigenvalue weighted by Gasteiger charge is 2.23. The fourth-order valence-corrected chi connectivity index (χ4v) is 2.05. The van der Waals surface area contributed by atoms with Crippen molar-refractivity contribution in [3.05, 3.63) is 28.8 Å². The number of nitrogens with one attached hydrogen (secondary N) is 1. The molecule has 2 aliphatic rings. The van der Waals surface area contributed by atoms with Crippen molar-refractivity contribution in [3.8, 4) is 0 Å². The molecule has 0 aliphatic carbocycles. The molecule has 1 aromatic carbocycles. The minimum absolute atomic E-state index is 0.750. The van der Waals surface area contributed by atoms with E-state index in [-0.39, 0.29) is 0 Å². The van der Waals surface area contributed by atoms with E-state index in [1.807, 2.05) is 12.1 Å². The maximum atomic E-state index is 5.92. The SMILES string of the molecule is Clc1ccc2c(c1)N=C1NCCN1C2. The number of halogens is 1. The normalized spacial score (nSPS) is 18.4. The number of nitrogens with zero attached hydrogens (tertiary/aromatic N) is 2. The Balaban J connectivity index is 2.09. The molecule has 4 heteroatoms. The van der Waals surface area contributed by atoms with E-state index in [0.29, 0.717) is 0 Å². The summed E-state index contributed by atoms with van der Waals surface area (Å²) in [4.78, 5) is 6.76. The van der Waals surface area contributed by atoms with Crippen LogP contribution in [0.15, 0.2) is 23.2 Å². The highest BCUT2D eigenvalue weighted by Crippen LogP contribution is 2.29. The molecule has 3 nitrogen and oxygen atoms in total. The number of hydrogen-bond donors (Lipinski definition) is 1. The summed E-state index contributed by atoms with van der Waals surface area (Å²) in [5.74, 6) is 0.986. The molecule has 0 bridgehead atoms. The molecule has 0 atom stereocenters. The topological polar surface area (TPSA) is 27.6 Å². The monoisotopic (exact) mass is 207 g/mol. The lowest BCUT2D eigenvalue weighted by Gasteiger charge is -2.23. The Hall–Kier alpha value is -1.22. The average molecular weight is 208 g/mol. The Morgan fingerprint density at radius 3 is 3.29 bits per heavy atom. The van der Waals surface area contributed by atoms with E-state index in [1.165, 1.54) is 5.56 Å². The van der Waals surface area contributed by atoms with Gasteiger partial charge >= 0.3 is 0 Å². The molecule has 2 heterocycles. The zero-order valence-electron chi connectivity index (χ0n) is 7.63. The van der Waals surface area contributed by atoms with Gasteiger partial charge in [-0.25, -0.2) is 4.99 Å². The van der Waals surface area contributed by atoms with Crippen LogP contribution in [0.25, 0.3) is 0 Å². The van der Waals surface area contributed by atoms with Crippen LogP contribution in [0.4, 0.5) is 5.69 Å². The Morgan fingerprint density at radius 2 is 2.36 bits per heavy atom. The van der Waals surface area contributed by atoms with Crippen LogP contribution in [0.1, 0.15) is 5.56 Å². The van der Waals surface area contributed by atoms with E-state index >= 15 is 0 Å². The molecule has 72 valence electrons. The molecule has 0 radical (unpaired) electrons. The molecule has 14 heavy (non-hydrogen) atoms. The lowest BCUT2D eigenvalue weighted by Crippen LogP contribution is -2.31. The second kappa shape index (κ2) is 2.89. The summed E-state index contributed by atoms with van der Waals surface area (Å²) in [5.41, 5.74) is 2.25. The highest BCUT2D eigenvalue weighted by molar-refractivity contribution is 6.30. The van der Waals surface area contributed by atoms with Crippen molar-refractivity contribution in [3.63, 3.8) is 0 Å². The minimum atomic E-state index is 0.750. The summed E-state index contributed by atoms with van der Waals surface area (Å²) in [7, 11) is 0. The summed E-state index contributed by atoms with van der Waals surface area (Å²) in [6.07, 6.45) is 0. The lowest BCUT2D eigenvalue weighted by molar-refractivity contribution is 0.451. The molecular weight excluding hydrogens is 198 g/mol. The number of guanidine groups is 1. The Morgan fingerprint density at radius 1 is 1.43 bits per heavy atom. The Labute approximate surface area is 87.4 Å². The van der Waals surface area contributed by atoms with E-state index in [9.17, 15) is 0 Å². The third kappa shape index (κ3) is 1.16. The summed E-state index contributed by atoms with van der Waals surface area (Å²) in [6, 6.07) is 5.89. The minimum Gasteiger partial charge on any atom is -0.354 e. The van der Waals surface area contributed by atoms with E-state index in [2.05, 4.69) is 21.3 Å². The van der Waals surface area contributed by atoms with Crippen molar-refractivity contribution < 1.29 is 0 Å². The number of hydrogen-bond acceptors (Lipinski definition) is 3. The third-order valence-electron chi connectivity index (χ3n) is 2.60. The molecule has 0 unspecified atom stereocenters. The van der Waals surface area contributed by atoms with Crippen LogP contribution in [0.3, 0.4) is 0 Å². The second-order valence-electron chi connectivity index (χ2n) is 3.56. The van der Waals surface area contributed by atoms with Crippen LogP contribution < -0.4 is 5.32 Å². The first-order chi connectivity index (χ1) is 6.83.